The van der Waals surface area contributed by atoms with Crippen LogP contribution in [0.5, 0.6) is 0 Å². The molecule has 0 aliphatic heterocycles. The van der Waals surface area contributed by atoms with Gasteiger partial charge in [0, 0.05) is 11.6 Å². The van der Waals surface area contributed by atoms with Gasteiger partial charge in [0.2, 0.25) is 0 Å². The number of nitrogens with zero attached hydrogens (tertiary/aromatic N) is 1. The first-order chi connectivity index (χ1) is 6.66. The van der Waals surface area contributed by atoms with Crippen LogP contribution in [0.25, 0.3) is 11.3 Å². The zero-order chi connectivity index (χ0) is 10.1. The predicted octanol–water partition coefficient (Wildman–Crippen LogP) is 1.94. The molecular weight excluding hydrogens is 188 g/mol. The van der Waals surface area contributed by atoms with Crippen LogP contribution in [0.4, 0.5) is 14.7 Å². The Morgan fingerprint density at radius 2 is 2.07 bits per heavy atom. The van der Waals surface area contributed by atoms with Crippen molar-refractivity contribution in [3.8, 4) is 11.3 Å². The van der Waals surface area contributed by atoms with Gasteiger partial charge in [-0.3, -0.25) is 0 Å². The van der Waals surface area contributed by atoms with Crippen LogP contribution in [0.15, 0.2) is 24.4 Å². The number of aromatic nitrogens is 2. The van der Waals surface area contributed by atoms with Crippen molar-refractivity contribution in [1.82, 2.24) is 9.97 Å². The minimum atomic E-state index is -0.645. The van der Waals surface area contributed by atoms with E-state index in [0.29, 0.717) is 5.69 Å². The summed E-state index contributed by atoms with van der Waals surface area (Å²) in [6.45, 7) is 0. The van der Waals surface area contributed by atoms with Crippen LogP contribution >= 0.6 is 0 Å². The van der Waals surface area contributed by atoms with Crippen LogP contribution in [-0.2, 0) is 0 Å². The Kier molecular flexibility index (Phi) is 1.92. The van der Waals surface area contributed by atoms with Crippen molar-refractivity contribution in [3.05, 3.63) is 36.0 Å². The fourth-order valence-corrected chi connectivity index (χ4v) is 1.18. The van der Waals surface area contributed by atoms with Crippen LogP contribution in [0, 0.1) is 11.6 Å². The third-order valence-corrected chi connectivity index (χ3v) is 1.82. The van der Waals surface area contributed by atoms with Crippen LogP contribution in [0.2, 0.25) is 0 Å². The molecule has 72 valence electrons. The summed E-state index contributed by atoms with van der Waals surface area (Å²) in [5, 5.41) is 0. The fourth-order valence-electron chi connectivity index (χ4n) is 1.18. The second-order valence-electron chi connectivity index (χ2n) is 2.81. The Morgan fingerprint density at radius 3 is 2.64 bits per heavy atom. The molecular formula is C9H7F2N3. The average molecular weight is 195 g/mol. The molecule has 0 saturated heterocycles. The number of aromatic amines is 1. The summed E-state index contributed by atoms with van der Waals surface area (Å²) in [4.78, 5) is 6.38. The van der Waals surface area contributed by atoms with E-state index in [1.165, 1.54) is 18.3 Å². The number of nitrogens with one attached hydrogen (secondary N) is 1. The van der Waals surface area contributed by atoms with Crippen molar-refractivity contribution in [2.24, 2.45) is 0 Å². The van der Waals surface area contributed by atoms with Gasteiger partial charge in [-0.2, -0.15) is 0 Å². The zero-order valence-corrected chi connectivity index (χ0v) is 7.09. The van der Waals surface area contributed by atoms with E-state index < -0.39 is 11.6 Å². The Balaban J connectivity index is 2.52. The number of nitrogen functional groups attached to an aromatic ring is 1. The number of rotatable bonds is 1. The number of hydrogen-bond acceptors (Lipinski definition) is 2. The molecule has 14 heavy (non-hydrogen) atoms. The molecule has 0 fully saturated rings. The van der Waals surface area contributed by atoms with Gasteiger partial charge in [0.05, 0.1) is 11.9 Å². The van der Waals surface area contributed by atoms with E-state index in [9.17, 15) is 8.78 Å². The Bertz CT molecular complexity index is 465. The topological polar surface area (TPSA) is 54.7 Å². The predicted molar refractivity (Wildman–Crippen MR) is 48.4 cm³/mol. The van der Waals surface area contributed by atoms with Crippen molar-refractivity contribution < 1.29 is 8.78 Å². The molecule has 1 aromatic heterocycles. The lowest BCUT2D eigenvalue weighted by Gasteiger charge is -1.99. The van der Waals surface area contributed by atoms with Crippen molar-refractivity contribution in [1.29, 1.82) is 0 Å². The maximum absolute atomic E-state index is 13.2. The van der Waals surface area contributed by atoms with Crippen LogP contribution < -0.4 is 5.73 Å². The van der Waals surface area contributed by atoms with Crippen molar-refractivity contribution in [3.63, 3.8) is 0 Å². The molecule has 0 atom stereocenters. The van der Waals surface area contributed by atoms with E-state index in [1.54, 1.807) is 0 Å². The summed E-state index contributed by atoms with van der Waals surface area (Å²) in [6, 6.07) is 3.32. The smallest absolute Gasteiger partial charge is 0.197 e. The molecule has 3 nitrogen and oxygen atoms in total. The molecule has 0 aliphatic carbocycles. The van der Waals surface area contributed by atoms with Gasteiger partial charge in [-0.15, -0.1) is 0 Å². The maximum atomic E-state index is 13.2. The van der Waals surface area contributed by atoms with E-state index in [0.717, 1.165) is 6.07 Å². The fraction of sp³-hybridized carbons (Fsp3) is 0. The van der Waals surface area contributed by atoms with Crippen molar-refractivity contribution in [2.45, 2.75) is 0 Å². The Hall–Kier alpha value is -1.91. The Labute approximate surface area is 78.6 Å². The number of hydrogen-bond donors (Lipinski definition) is 2. The first-order valence-corrected chi connectivity index (χ1v) is 3.93. The molecule has 0 radical (unpaired) electrons. The highest BCUT2D eigenvalue weighted by Gasteiger charge is 2.07. The highest BCUT2D eigenvalue weighted by molar-refractivity contribution is 5.60. The van der Waals surface area contributed by atoms with Gasteiger partial charge < -0.3 is 10.7 Å². The molecule has 1 aromatic carbocycles. The Morgan fingerprint density at radius 1 is 1.29 bits per heavy atom. The first-order valence-electron chi connectivity index (χ1n) is 3.93. The second-order valence-corrected chi connectivity index (χ2v) is 2.81. The van der Waals surface area contributed by atoms with Crippen LogP contribution in [0.3, 0.4) is 0 Å². The molecule has 0 bridgehead atoms. The second kappa shape index (κ2) is 3.10. The standard InChI is InChI=1S/C9H7F2N3/c10-5-1-2-6(7(11)3-5)8-4-13-9(12)14-8/h1-4H,(H3,12,13,14). The van der Waals surface area contributed by atoms with Gasteiger partial charge in [0.15, 0.2) is 5.95 Å². The lowest BCUT2D eigenvalue weighted by molar-refractivity contribution is 0.585. The lowest BCUT2D eigenvalue weighted by atomic mass is 10.1. The molecule has 3 N–H and O–H groups in total. The first kappa shape index (κ1) is 8.68. The highest BCUT2D eigenvalue weighted by atomic mass is 19.1. The van der Waals surface area contributed by atoms with E-state index in [2.05, 4.69) is 9.97 Å². The van der Waals surface area contributed by atoms with E-state index in [1.807, 2.05) is 0 Å². The SMILES string of the molecule is Nc1ncc(-c2ccc(F)cc2F)[nH]1. The molecule has 1 heterocycles. The average Bonchev–Trinajstić information content (AvgIpc) is 2.51. The van der Waals surface area contributed by atoms with Gasteiger partial charge in [-0.1, -0.05) is 0 Å². The minimum Gasteiger partial charge on any atom is -0.369 e. The minimum absolute atomic E-state index is 0.198. The van der Waals surface area contributed by atoms with Gasteiger partial charge in [0.25, 0.3) is 0 Å². The zero-order valence-electron chi connectivity index (χ0n) is 7.09. The van der Waals surface area contributed by atoms with E-state index in [-0.39, 0.29) is 11.5 Å². The van der Waals surface area contributed by atoms with Crippen molar-refractivity contribution >= 4 is 5.95 Å². The number of nitrogens with two attached hydrogens (primary N) is 1. The summed E-state index contributed by atoms with van der Waals surface area (Å²) in [6.07, 6.45) is 1.39. The summed E-state index contributed by atoms with van der Waals surface area (Å²) in [7, 11) is 0. The van der Waals surface area contributed by atoms with Gasteiger partial charge >= 0.3 is 0 Å². The van der Waals surface area contributed by atoms with Gasteiger partial charge in [0.1, 0.15) is 11.6 Å². The van der Waals surface area contributed by atoms with E-state index >= 15 is 0 Å². The summed E-state index contributed by atoms with van der Waals surface area (Å²) < 4.78 is 25.8. The number of benzene rings is 1. The van der Waals surface area contributed by atoms with Crippen LogP contribution in [0.1, 0.15) is 0 Å². The van der Waals surface area contributed by atoms with Gasteiger partial charge in [-0.25, -0.2) is 13.8 Å². The number of anilines is 1. The molecule has 5 heteroatoms. The summed E-state index contributed by atoms with van der Waals surface area (Å²) in [5.74, 6) is -1.06. The molecule has 0 aliphatic rings. The number of halogens is 2. The molecule has 2 rings (SSSR count). The molecule has 0 saturated carbocycles. The largest absolute Gasteiger partial charge is 0.369 e. The number of H-pyrrole nitrogens is 1. The third-order valence-electron chi connectivity index (χ3n) is 1.82. The normalized spacial score (nSPS) is 10.4. The molecule has 2 aromatic rings. The molecule has 0 spiro atoms. The van der Waals surface area contributed by atoms with Crippen molar-refractivity contribution in [2.75, 3.05) is 5.73 Å². The molecule has 0 unspecified atom stereocenters. The summed E-state index contributed by atoms with van der Waals surface area (Å²) >= 11 is 0. The lowest BCUT2D eigenvalue weighted by Crippen LogP contribution is -1.88. The van der Waals surface area contributed by atoms with Gasteiger partial charge in [-0.05, 0) is 12.1 Å². The number of imidazole rings is 1. The van der Waals surface area contributed by atoms with Crippen LogP contribution in [-0.4, -0.2) is 9.97 Å². The monoisotopic (exact) mass is 195 g/mol. The summed E-state index contributed by atoms with van der Waals surface area (Å²) in [5.41, 5.74) is 6.01. The maximum Gasteiger partial charge on any atom is 0.197 e. The quantitative estimate of drug-likeness (QED) is 0.730. The highest BCUT2D eigenvalue weighted by Crippen LogP contribution is 2.21. The van der Waals surface area contributed by atoms with E-state index in [4.69, 9.17) is 5.73 Å². The third kappa shape index (κ3) is 1.44. The molecule has 0 amide bonds.